The lowest BCUT2D eigenvalue weighted by atomic mass is 10.1. The molecule has 7 heteroatoms. The first-order chi connectivity index (χ1) is 11.3. The van der Waals surface area contributed by atoms with E-state index in [4.69, 9.17) is 4.42 Å². The zero-order valence-corrected chi connectivity index (χ0v) is 14.9. The van der Waals surface area contributed by atoms with Crippen LogP contribution >= 0.6 is 0 Å². The molecule has 2 fully saturated rings. The van der Waals surface area contributed by atoms with E-state index in [2.05, 4.69) is 11.6 Å². The topological polar surface area (TPSA) is 79.6 Å². The van der Waals surface area contributed by atoms with E-state index >= 15 is 0 Å². The van der Waals surface area contributed by atoms with Gasteiger partial charge in [-0.2, -0.15) is 0 Å². The van der Waals surface area contributed by atoms with Gasteiger partial charge in [-0.15, -0.1) is 0 Å². The molecule has 1 N–H and O–H groups in total. The van der Waals surface area contributed by atoms with Crippen LogP contribution in [-0.4, -0.2) is 44.6 Å². The zero-order valence-electron chi connectivity index (χ0n) is 14.1. The monoisotopic (exact) mass is 352 g/mol. The lowest BCUT2D eigenvalue weighted by molar-refractivity contribution is -0.126. The van der Waals surface area contributed by atoms with Crippen LogP contribution in [0.15, 0.2) is 22.6 Å². The Kier molecular flexibility index (Phi) is 4.83. The Balaban J connectivity index is 1.49. The predicted molar refractivity (Wildman–Crippen MR) is 91.8 cm³/mol. The van der Waals surface area contributed by atoms with E-state index in [0.717, 1.165) is 12.0 Å². The maximum absolute atomic E-state index is 12.2. The highest BCUT2D eigenvalue weighted by atomic mass is 32.2. The standard InChI is InChI=1S/C17H24N2O4S/c1-12-11-15(12)16-5-3-14(23-16)4-6-17(20)19-9-7-13(8-10-19)18-24(2,21)22/h3-6,12-13,15,18H,7-11H2,1-2H3. The molecule has 24 heavy (non-hydrogen) atoms. The molecule has 1 aliphatic heterocycles. The minimum Gasteiger partial charge on any atom is -0.461 e. The molecule has 2 unspecified atom stereocenters. The molecule has 0 spiro atoms. The molecule has 2 heterocycles. The highest BCUT2D eigenvalue weighted by Crippen LogP contribution is 2.47. The highest BCUT2D eigenvalue weighted by Gasteiger charge is 2.36. The van der Waals surface area contributed by atoms with Crippen LogP contribution in [0.25, 0.3) is 6.08 Å². The molecule has 0 aromatic carbocycles. The van der Waals surface area contributed by atoms with Crippen molar-refractivity contribution in [3.63, 3.8) is 0 Å². The number of piperidine rings is 1. The summed E-state index contributed by atoms with van der Waals surface area (Å²) in [6, 6.07) is 3.80. The fraction of sp³-hybridized carbons (Fsp3) is 0.588. The molecule has 1 aromatic heterocycles. The van der Waals surface area contributed by atoms with Gasteiger partial charge in [-0.3, -0.25) is 4.79 Å². The second kappa shape index (κ2) is 6.72. The smallest absolute Gasteiger partial charge is 0.246 e. The summed E-state index contributed by atoms with van der Waals surface area (Å²) >= 11 is 0. The number of rotatable bonds is 5. The minimum absolute atomic E-state index is 0.0643. The third kappa shape index (κ3) is 4.48. The third-order valence-corrected chi connectivity index (χ3v) is 5.46. The summed E-state index contributed by atoms with van der Waals surface area (Å²) in [6.45, 7) is 3.31. The van der Waals surface area contributed by atoms with Crippen LogP contribution in [0.3, 0.4) is 0 Å². The van der Waals surface area contributed by atoms with E-state index in [1.54, 1.807) is 11.0 Å². The number of likely N-dealkylation sites (tertiary alicyclic amines) is 1. The number of carbonyl (C=O) groups excluding carboxylic acids is 1. The van der Waals surface area contributed by atoms with E-state index in [0.29, 0.717) is 43.5 Å². The van der Waals surface area contributed by atoms with Crippen molar-refractivity contribution >= 4 is 22.0 Å². The summed E-state index contributed by atoms with van der Waals surface area (Å²) in [5, 5.41) is 0. The van der Waals surface area contributed by atoms with Crippen molar-refractivity contribution in [2.45, 2.75) is 38.1 Å². The molecule has 1 saturated heterocycles. The van der Waals surface area contributed by atoms with Gasteiger partial charge in [-0.05, 0) is 43.4 Å². The van der Waals surface area contributed by atoms with Crippen LogP contribution in [0, 0.1) is 5.92 Å². The Bertz CT molecular complexity index is 730. The summed E-state index contributed by atoms with van der Waals surface area (Å²) in [5.74, 6) is 2.86. The molecule has 1 aromatic rings. The number of amides is 1. The van der Waals surface area contributed by atoms with E-state index in [-0.39, 0.29) is 11.9 Å². The van der Waals surface area contributed by atoms with Crippen molar-refractivity contribution in [1.82, 2.24) is 9.62 Å². The van der Waals surface area contributed by atoms with Crippen molar-refractivity contribution < 1.29 is 17.6 Å². The van der Waals surface area contributed by atoms with E-state index < -0.39 is 10.0 Å². The second-order valence-corrected chi connectivity index (χ2v) is 8.66. The van der Waals surface area contributed by atoms with Crippen LogP contribution < -0.4 is 4.72 Å². The van der Waals surface area contributed by atoms with Gasteiger partial charge in [0.2, 0.25) is 15.9 Å². The molecule has 2 atom stereocenters. The maximum atomic E-state index is 12.2. The molecule has 132 valence electrons. The van der Waals surface area contributed by atoms with Crippen LogP contribution in [0.4, 0.5) is 0 Å². The molecule has 3 rings (SSSR count). The zero-order chi connectivity index (χ0) is 17.3. The Labute approximate surface area is 143 Å². The van der Waals surface area contributed by atoms with Gasteiger partial charge < -0.3 is 9.32 Å². The number of carbonyl (C=O) groups is 1. The van der Waals surface area contributed by atoms with Gasteiger partial charge in [0.05, 0.1) is 6.26 Å². The Hall–Kier alpha value is -1.60. The second-order valence-electron chi connectivity index (χ2n) is 6.88. The van der Waals surface area contributed by atoms with Crippen molar-refractivity contribution in [3.05, 3.63) is 29.7 Å². The summed E-state index contributed by atoms with van der Waals surface area (Å²) in [4.78, 5) is 14.0. The molecule has 0 bridgehead atoms. The molecule has 0 radical (unpaired) electrons. The van der Waals surface area contributed by atoms with E-state index in [1.807, 2.05) is 12.1 Å². The molecule has 1 amide bonds. The molecule has 2 aliphatic rings. The first-order valence-electron chi connectivity index (χ1n) is 8.36. The van der Waals surface area contributed by atoms with Crippen molar-refractivity contribution in [2.24, 2.45) is 5.92 Å². The van der Waals surface area contributed by atoms with E-state index in [9.17, 15) is 13.2 Å². The summed E-state index contributed by atoms with van der Waals surface area (Å²) in [6.07, 6.45) is 6.84. The van der Waals surface area contributed by atoms with Crippen LogP contribution in [0.1, 0.15) is 43.6 Å². The van der Waals surface area contributed by atoms with Crippen LogP contribution in [0.2, 0.25) is 0 Å². The number of sulfonamides is 1. The van der Waals surface area contributed by atoms with Gasteiger partial charge in [0.25, 0.3) is 0 Å². The summed E-state index contributed by atoms with van der Waals surface area (Å²) in [5.41, 5.74) is 0. The number of nitrogens with one attached hydrogen (secondary N) is 1. The molecular weight excluding hydrogens is 328 g/mol. The minimum atomic E-state index is -3.19. The molecular formula is C17H24N2O4S. The molecule has 1 saturated carbocycles. The molecule has 1 aliphatic carbocycles. The normalized spacial score (nSPS) is 25.3. The van der Waals surface area contributed by atoms with Gasteiger partial charge in [-0.1, -0.05) is 6.92 Å². The fourth-order valence-electron chi connectivity index (χ4n) is 3.16. The Morgan fingerprint density at radius 2 is 2.00 bits per heavy atom. The first-order valence-corrected chi connectivity index (χ1v) is 10.2. The SMILES string of the molecule is CC1CC1c1ccc(C=CC(=O)N2CCC(NS(C)(=O)=O)CC2)o1. The maximum Gasteiger partial charge on any atom is 0.246 e. The summed E-state index contributed by atoms with van der Waals surface area (Å²) in [7, 11) is -3.19. The average Bonchev–Trinajstić information content (AvgIpc) is 3.06. The number of nitrogens with zero attached hydrogens (tertiary/aromatic N) is 1. The van der Waals surface area contributed by atoms with Crippen molar-refractivity contribution in [2.75, 3.05) is 19.3 Å². The van der Waals surface area contributed by atoms with Crippen LogP contribution in [-0.2, 0) is 14.8 Å². The van der Waals surface area contributed by atoms with Gasteiger partial charge in [0.1, 0.15) is 11.5 Å². The largest absolute Gasteiger partial charge is 0.461 e. The van der Waals surface area contributed by atoms with Crippen molar-refractivity contribution in [1.29, 1.82) is 0 Å². The Morgan fingerprint density at radius 3 is 2.58 bits per heavy atom. The number of furan rings is 1. The quantitative estimate of drug-likeness (QED) is 0.822. The van der Waals surface area contributed by atoms with E-state index in [1.165, 1.54) is 12.5 Å². The van der Waals surface area contributed by atoms with Crippen molar-refractivity contribution in [3.8, 4) is 0 Å². The van der Waals surface area contributed by atoms with Gasteiger partial charge in [-0.25, -0.2) is 13.1 Å². The number of hydrogen-bond acceptors (Lipinski definition) is 4. The fourth-order valence-corrected chi connectivity index (χ4v) is 4.00. The first kappa shape index (κ1) is 17.2. The average molecular weight is 352 g/mol. The van der Waals surface area contributed by atoms with Gasteiger partial charge in [0.15, 0.2) is 0 Å². The molecule has 6 nitrogen and oxygen atoms in total. The lowest BCUT2D eigenvalue weighted by Gasteiger charge is -2.31. The van der Waals surface area contributed by atoms with Crippen LogP contribution in [0.5, 0.6) is 0 Å². The van der Waals surface area contributed by atoms with Gasteiger partial charge in [0, 0.05) is 31.1 Å². The highest BCUT2D eigenvalue weighted by molar-refractivity contribution is 7.88. The summed E-state index contributed by atoms with van der Waals surface area (Å²) < 4.78 is 30.8. The lowest BCUT2D eigenvalue weighted by Crippen LogP contribution is -2.45. The van der Waals surface area contributed by atoms with Gasteiger partial charge >= 0.3 is 0 Å². The Morgan fingerprint density at radius 1 is 1.33 bits per heavy atom. The predicted octanol–water partition coefficient (Wildman–Crippen LogP) is 1.96. The number of hydrogen-bond donors (Lipinski definition) is 1. The third-order valence-electron chi connectivity index (χ3n) is 4.70.